The molecule has 1 aromatic carbocycles. The lowest BCUT2D eigenvalue weighted by Gasteiger charge is -2.03. The maximum atomic E-state index is 12.0. The number of nitro groups is 1. The van der Waals surface area contributed by atoms with Gasteiger partial charge in [0.2, 0.25) is 5.91 Å². The van der Waals surface area contributed by atoms with Crippen molar-refractivity contribution < 1.29 is 9.72 Å². The first kappa shape index (κ1) is 16.8. The summed E-state index contributed by atoms with van der Waals surface area (Å²) in [7, 11) is 0. The highest BCUT2D eigenvalue weighted by Gasteiger charge is 2.15. The zero-order chi connectivity index (χ0) is 18.0. The van der Waals surface area contributed by atoms with Crippen molar-refractivity contribution >= 4 is 28.2 Å². The van der Waals surface area contributed by atoms with Crippen LogP contribution in [0.5, 0.6) is 0 Å². The molecule has 0 aliphatic carbocycles. The minimum absolute atomic E-state index is 0.119. The fourth-order valence-corrected chi connectivity index (χ4v) is 3.12. The number of benzene rings is 1. The number of hydrogen-bond donors (Lipinski definition) is 1. The first-order chi connectivity index (χ1) is 11.9. The van der Waals surface area contributed by atoms with E-state index in [4.69, 9.17) is 0 Å². The molecule has 8 nitrogen and oxygen atoms in total. The zero-order valence-electron chi connectivity index (χ0n) is 13.6. The lowest BCUT2D eigenvalue weighted by Crippen LogP contribution is -2.19. The Morgan fingerprint density at radius 1 is 1.36 bits per heavy atom. The molecule has 25 heavy (non-hydrogen) atoms. The fraction of sp³-hybridized carbons (Fsp3) is 0.188. The summed E-state index contributed by atoms with van der Waals surface area (Å²) in [5.41, 5.74) is 4.11. The summed E-state index contributed by atoms with van der Waals surface area (Å²) in [5.74, 6) is -0.640. The largest absolute Gasteiger partial charge is 0.389 e. The molecule has 0 saturated carbocycles. The summed E-state index contributed by atoms with van der Waals surface area (Å²) in [6.07, 6.45) is 1.39. The molecule has 0 unspecified atom stereocenters. The normalized spacial score (nSPS) is 10.6. The van der Waals surface area contributed by atoms with Crippen LogP contribution in [0.4, 0.5) is 10.9 Å². The van der Waals surface area contributed by atoms with Crippen molar-refractivity contribution in [3.8, 4) is 11.3 Å². The molecule has 0 saturated heterocycles. The molecule has 0 spiro atoms. The van der Waals surface area contributed by atoms with Gasteiger partial charge in [-0.3, -0.25) is 4.79 Å². The van der Waals surface area contributed by atoms with Crippen LogP contribution < -0.4 is 5.32 Å². The molecule has 0 radical (unpaired) electrons. The van der Waals surface area contributed by atoms with Gasteiger partial charge in [0.1, 0.15) is 6.54 Å². The Morgan fingerprint density at radius 2 is 2.16 bits per heavy atom. The molecule has 1 N–H and O–H groups in total. The third kappa shape index (κ3) is 3.89. The zero-order valence-corrected chi connectivity index (χ0v) is 14.4. The third-order valence-electron chi connectivity index (χ3n) is 3.53. The van der Waals surface area contributed by atoms with Crippen LogP contribution in [0.3, 0.4) is 0 Å². The van der Waals surface area contributed by atoms with Crippen molar-refractivity contribution in [2.24, 2.45) is 0 Å². The van der Waals surface area contributed by atoms with Gasteiger partial charge in [0, 0.05) is 10.9 Å². The molecule has 0 fully saturated rings. The van der Waals surface area contributed by atoms with E-state index in [2.05, 4.69) is 21.5 Å². The van der Waals surface area contributed by atoms with Crippen molar-refractivity contribution in [1.82, 2.24) is 14.8 Å². The topological polar surface area (TPSA) is 103 Å². The molecular formula is C16H15N5O3S. The minimum atomic E-state index is -0.606. The second-order valence-electron chi connectivity index (χ2n) is 5.53. The molecule has 1 amide bonds. The van der Waals surface area contributed by atoms with E-state index in [-0.39, 0.29) is 18.3 Å². The summed E-state index contributed by atoms with van der Waals surface area (Å²) in [6, 6.07) is 7.35. The van der Waals surface area contributed by atoms with Crippen LogP contribution in [0.1, 0.15) is 11.1 Å². The number of hydrogen-bond acceptors (Lipinski definition) is 6. The number of nitrogens with zero attached hydrogens (tertiary/aromatic N) is 4. The van der Waals surface area contributed by atoms with E-state index in [1.54, 1.807) is 0 Å². The van der Waals surface area contributed by atoms with Crippen molar-refractivity contribution in [2.75, 3.05) is 5.32 Å². The predicted molar refractivity (Wildman–Crippen MR) is 94.5 cm³/mol. The number of aryl methyl sites for hydroxylation is 2. The number of carbonyl (C=O) groups excluding carboxylic acids is 1. The van der Waals surface area contributed by atoms with E-state index in [1.807, 2.05) is 31.4 Å². The lowest BCUT2D eigenvalue weighted by molar-refractivity contribution is -0.389. The number of thiazole rings is 1. The molecule has 128 valence electrons. The van der Waals surface area contributed by atoms with Crippen LogP contribution in [0.25, 0.3) is 11.3 Å². The number of anilines is 1. The maximum absolute atomic E-state index is 12.0. The van der Waals surface area contributed by atoms with Gasteiger partial charge in [-0.1, -0.05) is 23.8 Å². The Bertz CT molecular complexity index is 947. The summed E-state index contributed by atoms with van der Waals surface area (Å²) >= 11 is 1.33. The van der Waals surface area contributed by atoms with Gasteiger partial charge < -0.3 is 15.4 Å². The number of rotatable bonds is 5. The minimum Gasteiger partial charge on any atom is -0.358 e. The molecule has 2 heterocycles. The number of amides is 1. The Balaban J connectivity index is 1.68. The van der Waals surface area contributed by atoms with E-state index < -0.39 is 4.92 Å². The number of aromatic nitrogens is 3. The van der Waals surface area contributed by atoms with Gasteiger partial charge in [-0.2, -0.15) is 4.68 Å². The van der Waals surface area contributed by atoms with E-state index in [1.165, 1.54) is 33.8 Å². The summed E-state index contributed by atoms with van der Waals surface area (Å²) in [5, 5.41) is 19.3. The summed E-state index contributed by atoms with van der Waals surface area (Å²) in [4.78, 5) is 26.5. The highest BCUT2D eigenvalue weighted by atomic mass is 32.1. The lowest BCUT2D eigenvalue weighted by atomic mass is 10.0. The van der Waals surface area contributed by atoms with Crippen molar-refractivity contribution in [1.29, 1.82) is 0 Å². The smallest absolute Gasteiger partial charge is 0.358 e. The standard InChI is InChI=1S/C16H15N5O3S/c1-10-3-4-12(11(2)7-10)13-9-25-16(17-13)18-15(22)8-20-6-5-14(19-20)21(23)24/h3-7,9H,8H2,1-2H3,(H,17,18,22). The quantitative estimate of drug-likeness (QED) is 0.558. The molecule has 0 atom stereocenters. The molecule has 9 heteroatoms. The SMILES string of the molecule is Cc1ccc(-c2csc(NC(=O)Cn3ccc([N+](=O)[O-])n3)n2)c(C)c1. The monoisotopic (exact) mass is 357 g/mol. The Hall–Kier alpha value is -3.07. The molecule has 0 aliphatic heterocycles. The molecule has 3 rings (SSSR count). The molecular weight excluding hydrogens is 342 g/mol. The van der Waals surface area contributed by atoms with Crippen LogP contribution >= 0.6 is 11.3 Å². The van der Waals surface area contributed by atoms with Crippen LogP contribution in [-0.4, -0.2) is 25.6 Å². The van der Waals surface area contributed by atoms with Crippen molar-refractivity contribution in [3.63, 3.8) is 0 Å². The predicted octanol–water partition coefficient (Wildman–Crippen LogP) is 3.17. The van der Waals surface area contributed by atoms with Gasteiger partial charge in [-0.05, 0) is 24.3 Å². The molecule has 3 aromatic rings. The van der Waals surface area contributed by atoms with Crippen LogP contribution in [0, 0.1) is 24.0 Å². The van der Waals surface area contributed by atoms with Gasteiger partial charge in [-0.25, -0.2) is 4.98 Å². The summed E-state index contributed by atoms with van der Waals surface area (Å²) in [6.45, 7) is 3.93. The Kier molecular flexibility index (Phi) is 4.57. The van der Waals surface area contributed by atoms with Crippen LogP contribution in [-0.2, 0) is 11.3 Å². The highest BCUT2D eigenvalue weighted by molar-refractivity contribution is 7.14. The average Bonchev–Trinajstić information content (AvgIpc) is 3.17. The van der Waals surface area contributed by atoms with Crippen LogP contribution in [0.2, 0.25) is 0 Å². The van der Waals surface area contributed by atoms with E-state index in [9.17, 15) is 14.9 Å². The third-order valence-corrected chi connectivity index (χ3v) is 4.29. The van der Waals surface area contributed by atoms with E-state index >= 15 is 0 Å². The van der Waals surface area contributed by atoms with Gasteiger partial charge in [0.05, 0.1) is 23.1 Å². The second-order valence-corrected chi connectivity index (χ2v) is 6.39. The Morgan fingerprint density at radius 3 is 2.84 bits per heavy atom. The van der Waals surface area contributed by atoms with E-state index in [0.717, 1.165) is 16.8 Å². The first-order valence-electron chi connectivity index (χ1n) is 7.43. The van der Waals surface area contributed by atoms with Crippen molar-refractivity contribution in [2.45, 2.75) is 20.4 Å². The molecule has 0 aliphatic rings. The van der Waals surface area contributed by atoms with E-state index in [0.29, 0.717) is 5.13 Å². The van der Waals surface area contributed by atoms with Gasteiger partial charge in [0.15, 0.2) is 5.13 Å². The molecule has 2 aromatic heterocycles. The van der Waals surface area contributed by atoms with Crippen LogP contribution in [0.15, 0.2) is 35.8 Å². The fourth-order valence-electron chi connectivity index (χ4n) is 2.40. The highest BCUT2D eigenvalue weighted by Crippen LogP contribution is 2.28. The van der Waals surface area contributed by atoms with Gasteiger partial charge in [0.25, 0.3) is 0 Å². The average molecular weight is 357 g/mol. The van der Waals surface area contributed by atoms with Crippen molar-refractivity contribution in [3.05, 3.63) is 57.1 Å². The van der Waals surface area contributed by atoms with Gasteiger partial charge >= 0.3 is 5.82 Å². The summed E-state index contributed by atoms with van der Waals surface area (Å²) < 4.78 is 1.21. The maximum Gasteiger partial charge on any atom is 0.389 e. The first-order valence-corrected chi connectivity index (χ1v) is 8.31. The Labute approximate surface area is 147 Å². The number of carbonyl (C=O) groups is 1. The van der Waals surface area contributed by atoms with Gasteiger partial charge in [-0.15, -0.1) is 11.3 Å². The number of nitrogens with one attached hydrogen (secondary N) is 1. The molecule has 0 bridgehead atoms. The second kappa shape index (κ2) is 6.81.